The summed E-state index contributed by atoms with van der Waals surface area (Å²) in [4.78, 5) is 18.8. The highest BCUT2D eigenvalue weighted by molar-refractivity contribution is 7.99. The molecular weight excluding hydrogens is 456 g/mol. The number of hydrogen-bond acceptors (Lipinski definition) is 8. The van der Waals surface area contributed by atoms with Crippen LogP contribution in [0.25, 0.3) is 11.3 Å². The van der Waals surface area contributed by atoms with Gasteiger partial charge in [-0.15, -0.1) is 6.58 Å². The van der Waals surface area contributed by atoms with Gasteiger partial charge in [0.2, 0.25) is 11.7 Å². The van der Waals surface area contributed by atoms with Gasteiger partial charge in [-0.1, -0.05) is 34.7 Å². The van der Waals surface area contributed by atoms with Crippen molar-refractivity contribution in [1.29, 1.82) is 0 Å². The lowest BCUT2D eigenvalue weighted by molar-refractivity contribution is -0.764. The Bertz CT molecular complexity index is 1270. The predicted molar refractivity (Wildman–Crippen MR) is 125 cm³/mol. The van der Waals surface area contributed by atoms with Crippen LogP contribution in [0.4, 0.5) is 5.69 Å². The second-order valence-electron chi connectivity index (χ2n) is 7.30. The number of thioether (sulfide) groups is 1. The van der Waals surface area contributed by atoms with Crippen LogP contribution in [0.3, 0.4) is 0 Å². The number of aromatic nitrogens is 3. The summed E-state index contributed by atoms with van der Waals surface area (Å²) in [5.74, 6) is 1.04. The van der Waals surface area contributed by atoms with Crippen LogP contribution in [0.5, 0.6) is 23.1 Å². The normalized spacial score (nSPS) is 14.1. The van der Waals surface area contributed by atoms with Crippen molar-refractivity contribution in [2.45, 2.75) is 18.2 Å². The van der Waals surface area contributed by atoms with Crippen molar-refractivity contribution >= 4 is 23.4 Å². The summed E-state index contributed by atoms with van der Waals surface area (Å²) in [5, 5.41) is 18.2. The summed E-state index contributed by atoms with van der Waals surface area (Å²) < 4.78 is 18.3. The minimum absolute atomic E-state index is 0.237. The van der Waals surface area contributed by atoms with E-state index in [0.717, 1.165) is 0 Å². The van der Waals surface area contributed by atoms with Crippen molar-refractivity contribution in [3.05, 3.63) is 54.6 Å². The van der Waals surface area contributed by atoms with Crippen molar-refractivity contribution < 1.29 is 28.8 Å². The standard InChI is InChI=1S/C24H24N4O5S/c1-6-13-34-24-25-22(30)19-15-9-7-8-10-17(15)27(14(2)29)23(28(19)26-24)16-11-12-18(31-3)21(33-5)20(16)32-4/h6-12,23H,1,13H2,2-5H3. The minimum atomic E-state index is -0.837. The van der Waals surface area contributed by atoms with Crippen LogP contribution in [0, 0.1) is 0 Å². The summed E-state index contributed by atoms with van der Waals surface area (Å²) in [5.41, 5.74) is 1.98. The number of amides is 1. The Balaban J connectivity index is 2.08. The monoisotopic (exact) mass is 480 g/mol. The summed E-state index contributed by atoms with van der Waals surface area (Å²) in [6, 6.07) is 10.7. The van der Waals surface area contributed by atoms with Gasteiger partial charge in [0.05, 0.1) is 44.0 Å². The molecule has 1 atom stereocenters. The molecule has 9 nitrogen and oxygen atoms in total. The van der Waals surface area contributed by atoms with Gasteiger partial charge < -0.3 is 19.3 Å². The zero-order valence-corrected chi connectivity index (χ0v) is 20.1. The molecule has 0 bridgehead atoms. The number of carbonyl (C=O) groups is 1. The van der Waals surface area contributed by atoms with Gasteiger partial charge in [0.1, 0.15) is 0 Å². The average molecular weight is 481 g/mol. The third-order valence-electron chi connectivity index (χ3n) is 5.40. The molecule has 34 heavy (non-hydrogen) atoms. The predicted octanol–water partition coefficient (Wildman–Crippen LogP) is 2.72. The van der Waals surface area contributed by atoms with E-state index >= 15 is 0 Å². The fraction of sp³-hybridized carbons (Fsp3) is 0.250. The summed E-state index contributed by atoms with van der Waals surface area (Å²) in [6.45, 7) is 5.18. The van der Waals surface area contributed by atoms with Crippen LogP contribution in [-0.4, -0.2) is 43.1 Å². The molecule has 1 amide bonds. The quantitative estimate of drug-likeness (QED) is 0.289. The maximum atomic E-state index is 13.3. The zero-order chi connectivity index (χ0) is 24.4. The molecule has 1 unspecified atom stereocenters. The first kappa shape index (κ1) is 23.4. The summed E-state index contributed by atoms with van der Waals surface area (Å²) in [6.07, 6.45) is 0.866. The van der Waals surface area contributed by atoms with Gasteiger partial charge in [0, 0.05) is 17.8 Å². The first-order chi connectivity index (χ1) is 16.5. The molecule has 1 aliphatic heterocycles. The Morgan fingerprint density at radius 2 is 1.91 bits per heavy atom. The topological polar surface area (TPSA) is 101 Å². The second kappa shape index (κ2) is 9.60. The average Bonchev–Trinajstić information content (AvgIpc) is 2.85. The maximum Gasteiger partial charge on any atom is 0.296 e. The van der Waals surface area contributed by atoms with Crippen LogP contribution >= 0.6 is 11.8 Å². The molecule has 0 fully saturated rings. The van der Waals surface area contributed by atoms with E-state index in [-0.39, 0.29) is 16.8 Å². The van der Waals surface area contributed by atoms with Crippen LogP contribution in [0.2, 0.25) is 0 Å². The molecule has 0 radical (unpaired) electrons. The number of carbonyl (C=O) groups excluding carboxylic acids is 1. The molecule has 1 aliphatic rings. The number of methoxy groups -OCH3 is 3. The van der Waals surface area contributed by atoms with E-state index in [1.807, 2.05) is 6.07 Å². The number of anilines is 1. The van der Waals surface area contributed by atoms with Gasteiger partial charge in [0.25, 0.3) is 17.0 Å². The van der Waals surface area contributed by atoms with E-state index in [9.17, 15) is 9.90 Å². The van der Waals surface area contributed by atoms with Crippen LogP contribution in [0.1, 0.15) is 18.7 Å². The SMILES string of the molecule is C=CCSc1nc([O-])c2[n+](n1)C(c1ccc(OC)c(OC)c1OC)N(C(C)=O)c1ccccc1-2. The van der Waals surface area contributed by atoms with Gasteiger partial charge in [-0.3, -0.25) is 4.79 Å². The zero-order valence-electron chi connectivity index (χ0n) is 19.3. The Kier molecular flexibility index (Phi) is 6.60. The lowest BCUT2D eigenvalue weighted by atomic mass is 10.00. The van der Waals surface area contributed by atoms with Crippen molar-refractivity contribution in [2.75, 3.05) is 32.0 Å². The lowest BCUT2D eigenvalue weighted by Crippen LogP contribution is -2.58. The molecule has 176 valence electrons. The highest BCUT2D eigenvalue weighted by Crippen LogP contribution is 2.47. The third-order valence-corrected chi connectivity index (χ3v) is 6.23. The minimum Gasteiger partial charge on any atom is -0.854 e. The highest BCUT2D eigenvalue weighted by atomic mass is 32.2. The number of rotatable bonds is 7. The van der Waals surface area contributed by atoms with Gasteiger partial charge >= 0.3 is 0 Å². The molecule has 0 spiro atoms. The number of ether oxygens (including phenoxy) is 3. The fourth-order valence-electron chi connectivity index (χ4n) is 4.08. The Morgan fingerprint density at radius 1 is 1.18 bits per heavy atom. The van der Waals surface area contributed by atoms with E-state index in [1.54, 1.807) is 41.3 Å². The molecular formula is C24H24N4O5S. The van der Waals surface area contributed by atoms with Crippen molar-refractivity contribution in [3.63, 3.8) is 0 Å². The molecule has 3 aromatic rings. The Labute approximate surface area is 201 Å². The molecule has 0 saturated carbocycles. The smallest absolute Gasteiger partial charge is 0.296 e. The molecule has 4 rings (SSSR count). The molecule has 0 aliphatic carbocycles. The van der Waals surface area contributed by atoms with Crippen LogP contribution in [-0.2, 0) is 4.79 Å². The number of para-hydroxylation sites is 1. The Hall–Kier alpha value is -3.79. The van der Waals surface area contributed by atoms with E-state index in [1.165, 1.54) is 44.7 Å². The number of nitrogens with zero attached hydrogens (tertiary/aromatic N) is 4. The van der Waals surface area contributed by atoms with Crippen LogP contribution in [0.15, 0.2) is 54.2 Å². The third kappa shape index (κ3) is 3.79. The molecule has 1 aromatic heterocycles. The molecule has 2 heterocycles. The van der Waals surface area contributed by atoms with E-state index in [0.29, 0.717) is 39.8 Å². The largest absolute Gasteiger partial charge is 0.854 e. The fourth-order valence-corrected chi connectivity index (χ4v) is 4.64. The van der Waals surface area contributed by atoms with E-state index < -0.39 is 12.0 Å². The van der Waals surface area contributed by atoms with Crippen molar-refractivity contribution in [2.24, 2.45) is 0 Å². The molecule has 2 aromatic carbocycles. The van der Waals surface area contributed by atoms with Crippen molar-refractivity contribution in [3.8, 4) is 34.4 Å². The van der Waals surface area contributed by atoms with Gasteiger partial charge in [-0.25, -0.2) is 9.88 Å². The number of fused-ring (bicyclic) bond motifs is 3. The highest BCUT2D eigenvalue weighted by Gasteiger charge is 2.46. The van der Waals surface area contributed by atoms with Gasteiger partial charge in [-0.05, 0) is 24.3 Å². The maximum absolute atomic E-state index is 13.3. The van der Waals surface area contributed by atoms with Crippen molar-refractivity contribution in [1.82, 2.24) is 10.1 Å². The Morgan fingerprint density at radius 3 is 2.56 bits per heavy atom. The summed E-state index contributed by atoms with van der Waals surface area (Å²) >= 11 is 1.28. The number of hydrogen-bond donors (Lipinski definition) is 0. The number of benzene rings is 2. The van der Waals surface area contributed by atoms with E-state index in [2.05, 4.69) is 16.7 Å². The van der Waals surface area contributed by atoms with Gasteiger partial charge in [0.15, 0.2) is 11.5 Å². The first-order valence-corrected chi connectivity index (χ1v) is 11.4. The van der Waals surface area contributed by atoms with E-state index in [4.69, 9.17) is 14.2 Å². The van der Waals surface area contributed by atoms with Crippen LogP contribution < -0.4 is 28.9 Å². The first-order valence-electron chi connectivity index (χ1n) is 10.4. The molecule has 10 heteroatoms. The molecule has 0 saturated heterocycles. The lowest BCUT2D eigenvalue weighted by Gasteiger charge is -2.33. The molecule has 0 N–H and O–H groups in total. The summed E-state index contributed by atoms with van der Waals surface area (Å²) in [7, 11) is 4.54. The second-order valence-corrected chi connectivity index (χ2v) is 8.28. The van der Waals surface area contributed by atoms with Gasteiger partial charge in [-0.2, -0.15) is 0 Å².